The first-order valence-corrected chi connectivity index (χ1v) is 4.62. The van der Waals surface area contributed by atoms with Crippen molar-refractivity contribution in [3.63, 3.8) is 0 Å². The van der Waals surface area contributed by atoms with Crippen molar-refractivity contribution in [2.45, 2.75) is 0 Å². The van der Waals surface area contributed by atoms with Gasteiger partial charge in [-0.3, -0.25) is 0 Å². The van der Waals surface area contributed by atoms with Crippen molar-refractivity contribution in [1.82, 2.24) is 9.78 Å². The quantitative estimate of drug-likeness (QED) is 0.639. The van der Waals surface area contributed by atoms with E-state index in [1.807, 2.05) is 0 Å². The highest BCUT2D eigenvalue weighted by atomic mass is 16.6. The molecule has 7 heteroatoms. The summed E-state index contributed by atoms with van der Waals surface area (Å²) in [7, 11) is 0. The van der Waals surface area contributed by atoms with E-state index in [4.69, 9.17) is 5.11 Å². The molecule has 2 aromatic rings. The van der Waals surface area contributed by atoms with E-state index in [9.17, 15) is 14.9 Å². The largest absolute Gasteiger partial charge is 0.478 e. The van der Waals surface area contributed by atoms with Crippen molar-refractivity contribution in [2.24, 2.45) is 0 Å². The normalized spacial score (nSPS) is 10.1. The van der Waals surface area contributed by atoms with Gasteiger partial charge in [-0.2, -0.15) is 0 Å². The van der Waals surface area contributed by atoms with Crippen molar-refractivity contribution >= 4 is 11.8 Å². The van der Waals surface area contributed by atoms with E-state index in [0.29, 0.717) is 5.69 Å². The Balaban J connectivity index is 2.33. The van der Waals surface area contributed by atoms with Gasteiger partial charge in [-0.1, -0.05) is 0 Å². The number of hydrogen-bond acceptors (Lipinski definition) is 4. The summed E-state index contributed by atoms with van der Waals surface area (Å²) < 4.78 is 1.31. The van der Waals surface area contributed by atoms with Gasteiger partial charge in [0.25, 0.3) is 0 Å². The van der Waals surface area contributed by atoms with Crippen LogP contribution in [0.3, 0.4) is 0 Å². The Kier molecular flexibility index (Phi) is 2.57. The number of carbonyl (C=O) groups is 1. The van der Waals surface area contributed by atoms with Crippen LogP contribution in [0.4, 0.5) is 5.82 Å². The molecule has 0 aliphatic carbocycles. The average Bonchev–Trinajstić information content (AvgIpc) is 2.78. The molecule has 0 bridgehead atoms. The average molecular weight is 233 g/mol. The molecule has 2 rings (SSSR count). The molecular weight excluding hydrogens is 226 g/mol. The maximum absolute atomic E-state index is 10.6. The zero-order valence-corrected chi connectivity index (χ0v) is 8.48. The SMILES string of the molecule is O=C(O)c1ccc(-n2ccc([N+](=O)[O-])n2)cc1. The third-order valence-electron chi connectivity index (χ3n) is 2.14. The molecule has 0 spiro atoms. The van der Waals surface area contributed by atoms with Crippen LogP contribution in [0.1, 0.15) is 10.4 Å². The number of benzene rings is 1. The summed E-state index contributed by atoms with van der Waals surface area (Å²) in [6.45, 7) is 0. The van der Waals surface area contributed by atoms with E-state index in [1.165, 1.54) is 41.2 Å². The fourth-order valence-corrected chi connectivity index (χ4v) is 1.31. The lowest BCUT2D eigenvalue weighted by Gasteiger charge is -1.97. The van der Waals surface area contributed by atoms with Gasteiger partial charge in [-0.25, -0.2) is 4.79 Å². The Morgan fingerprint density at radius 2 is 1.94 bits per heavy atom. The molecule has 0 saturated heterocycles. The van der Waals surface area contributed by atoms with Crippen LogP contribution in [0.15, 0.2) is 36.5 Å². The van der Waals surface area contributed by atoms with Crippen molar-refractivity contribution in [2.75, 3.05) is 0 Å². The zero-order valence-electron chi connectivity index (χ0n) is 8.48. The fourth-order valence-electron chi connectivity index (χ4n) is 1.31. The number of aromatic carboxylic acids is 1. The molecule has 1 aromatic carbocycles. The van der Waals surface area contributed by atoms with Crippen molar-refractivity contribution in [3.05, 3.63) is 52.2 Å². The molecule has 1 N–H and O–H groups in total. The molecule has 0 amide bonds. The lowest BCUT2D eigenvalue weighted by atomic mass is 10.2. The Labute approximate surface area is 95.1 Å². The van der Waals surface area contributed by atoms with Gasteiger partial charge in [-0.15, -0.1) is 4.68 Å². The Hall–Kier alpha value is -2.70. The highest BCUT2D eigenvalue weighted by Gasteiger charge is 2.12. The molecule has 0 atom stereocenters. The summed E-state index contributed by atoms with van der Waals surface area (Å²) in [6, 6.07) is 7.14. The predicted molar refractivity (Wildman–Crippen MR) is 57.2 cm³/mol. The highest BCUT2D eigenvalue weighted by Crippen LogP contribution is 2.12. The first-order valence-electron chi connectivity index (χ1n) is 4.62. The second-order valence-corrected chi connectivity index (χ2v) is 3.23. The van der Waals surface area contributed by atoms with Gasteiger partial charge in [0.1, 0.15) is 0 Å². The van der Waals surface area contributed by atoms with Crippen LogP contribution in [0.2, 0.25) is 0 Å². The third kappa shape index (κ3) is 2.12. The fraction of sp³-hybridized carbons (Fsp3) is 0. The van der Waals surface area contributed by atoms with Gasteiger partial charge in [0.05, 0.1) is 28.6 Å². The van der Waals surface area contributed by atoms with Gasteiger partial charge < -0.3 is 15.2 Å². The lowest BCUT2D eigenvalue weighted by Crippen LogP contribution is -1.99. The van der Waals surface area contributed by atoms with Crippen LogP contribution in [-0.4, -0.2) is 25.8 Å². The summed E-state index contributed by atoms with van der Waals surface area (Å²) in [5.41, 5.74) is 0.707. The molecule has 0 aliphatic rings. The van der Waals surface area contributed by atoms with E-state index in [2.05, 4.69) is 5.10 Å². The minimum absolute atomic E-state index is 0.149. The topological polar surface area (TPSA) is 98.3 Å². The Morgan fingerprint density at radius 1 is 1.29 bits per heavy atom. The monoisotopic (exact) mass is 233 g/mol. The minimum Gasteiger partial charge on any atom is -0.478 e. The molecule has 0 radical (unpaired) electrons. The third-order valence-corrected chi connectivity index (χ3v) is 2.14. The molecule has 0 saturated carbocycles. The number of hydrogen-bond donors (Lipinski definition) is 1. The molecule has 17 heavy (non-hydrogen) atoms. The molecule has 1 heterocycles. The van der Waals surface area contributed by atoms with Crippen molar-refractivity contribution in [1.29, 1.82) is 0 Å². The summed E-state index contributed by atoms with van der Waals surface area (Å²) in [5.74, 6) is -1.28. The highest BCUT2D eigenvalue weighted by molar-refractivity contribution is 5.87. The van der Waals surface area contributed by atoms with Crippen LogP contribution in [-0.2, 0) is 0 Å². The molecule has 86 valence electrons. The number of aromatic nitrogens is 2. The zero-order chi connectivity index (χ0) is 12.4. The number of nitro groups is 1. The lowest BCUT2D eigenvalue weighted by molar-refractivity contribution is -0.389. The summed E-state index contributed by atoms with van der Waals surface area (Å²) in [4.78, 5) is 20.5. The van der Waals surface area contributed by atoms with E-state index in [-0.39, 0.29) is 11.4 Å². The smallest absolute Gasteiger partial charge is 0.390 e. The minimum atomic E-state index is -1.03. The summed E-state index contributed by atoms with van der Waals surface area (Å²) >= 11 is 0. The van der Waals surface area contributed by atoms with Crippen LogP contribution < -0.4 is 0 Å². The molecule has 1 aromatic heterocycles. The molecule has 0 aliphatic heterocycles. The number of rotatable bonds is 3. The second-order valence-electron chi connectivity index (χ2n) is 3.23. The van der Waals surface area contributed by atoms with E-state index < -0.39 is 10.9 Å². The first kappa shape index (κ1) is 10.8. The van der Waals surface area contributed by atoms with Crippen molar-refractivity contribution in [3.8, 4) is 5.69 Å². The van der Waals surface area contributed by atoms with Crippen LogP contribution >= 0.6 is 0 Å². The van der Waals surface area contributed by atoms with Crippen LogP contribution in [0.25, 0.3) is 5.69 Å². The predicted octanol–water partition coefficient (Wildman–Crippen LogP) is 1.48. The van der Waals surface area contributed by atoms with Gasteiger partial charge in [0.15, 0.2) is 0 Å². The molecule has 7 nitrogen and oxygen atoms in total. The van der Waals surface area contributed by atoms with Gasteiger partial charge in [0.2, 0.25) is 0 Å². The van der Waals surface area contributed by atoms with Gasteiger partial charge in [-0.05, 0) is 29.2 Å². The number of carboxylic acids is 1. The molecule has 0 unspecified atom stereocenters. The summed E-state index contributed by atoms with van der Waals surface area (Å²) in [6.07, 6.45) is 1.44. The van der Waals surface area contributed by atoms with Crippen LogP contribution in [0.5, 0.6) is 0 Å². The van der Waals surface area contributed by atoms with E-state index >= 15 is 0 Å². The number of nitrogens with zero attached hydrogens (tertiary/aromatic N) is 3. The van der Waals surface area contributed by atoms with Gasteiger partial charge >= 0.3 is 11.8 Å². The maximum atomic E-state index is 10.6. The number of carboxylic acid groups (broad SMARTS) is 1. The summed E-state index contributed by atoms with van der Waals surface area (Å²) in [5, 5.41) is 22.9. The molecular formula is C10H7N3O4. The maximum Gasteiger partial charge on any atom is 0.390 e. The molecule has 0 fully saturated rings. The first-order chi connectivity index (χ1) is 8.08. The second kappa shape index (κ2) is 4.05. The Morgan fingerprint density at radius 3 is 2.41 bits per heavy atom. The van der Waals surface area contributed by atoms with Gasteiger partial charge in [0, 0.05) is 0 Å². The van der Waals surface area contributed by atoms with Crippen molar-refractivity contribution < 1.29 is 14.8 Å². The standard InChI is InChI=1S/C10H7N3O4/c14-10(15)7-1-3-8(4-2-7)12-6-5-9(11-12)13(16)17/h1-6H,(H,14,15). The van der Waals surface area contributed by atoms with E-state index in [0.717, 1.165) is 0 Å². The van der Waals surface area contributed by atoms with E-state index in [1.54, 1.807) is 0 Å². The Bertz CT molecular complexity index is 573. The van der Waals surface area contributed by atoms with Crippen LogP contribution in [0, 0.1) is 10.1 Å².